The lowest BCUT2D eigenvalue weighted by Crippen LogP contribution is -2.01. The number of hydrogen-bond acceptors (Lipinski definition) is 2. The van der Waals surface area contributed by atoms with Gasteiger partial charge in [-0.1, -0.05) is 15.9 Å². The molecular weight excluding hydrogens is 255 g/mol. The van der Waals surface area contributed by atoms with Crippen LogP contribution in [0.15, 0.2) is 22.7 Å². The maximum atomic E-state index is 9.01. The van der Waals surface area contributed by atoms with Gasteiger partial charge in [-0.2, -0.15) is 0 Å². The molecule has 0 saturated heterocycles. The minimum Gasteiger partial charge on any atom is -0.492 e. The largest absolute Gasteiger partial charge is 0.492 e. The first-order valence-electron chi connectivity index (χ1n) is 3.86. The minimum absolute atomic E-state index is 0.0307. The molecule has 0 amide bonds. The molecule has 0 atom stereocenters. The summed E-state index contributed by atoms with van der Waals surface area (Å²) in [6.45, 7) is 0.424. The summed E-state index contributed by atoms with van der Waals surface area (Å²) in [5, 5.41) is 9.01. The lowest BCUT2D eigenvalue weighted by molar-refractivity contribution is 0.267. The van der Waals surface area contributed by atoms with Gasteiger partial charge in [-0.15, -0.1) is 11.6 Å². The Morgan fingerprint density at radius 1 is 1.46 bits per heavy atom. The van der Waals surface area contributed by atoms with Gasteiger partial charge in [0.1, 0.15) is 12.4 Å². The number of aliphatic hydroxyl groups is 1. The normalized spacial score (nSPS) is 10.1. The zero-order valence-electron chi connectivity index (χ0n) is 6.96. The molecule has 0 aliphatic heterocycles. The Bertz CT molecular complexity index is 278. The molecule has 1 aromatic carbocycles. The molecule has 1 aromatic rings. The van der Waals surface area contributed by atoms with Gasteiger partial charge < -0.3 is 9.84 Å². The van der Waals surface area contributed by atoms with Crippen molar-refractivity contribution >= 4 is 27.5 Å². The van der Waals surface area contributed by atoms with E-state index in [1.165, 1.54) is 0 Å². The summed E-state index contributed by atoms with van der Waals surface area (Å²) in [5.41, 5.74) is 0.763. The van der Waals surface area contributed by atoms with E-state index in [-0.39, 0.29) is 6.61 Å². The van der Waals surface area contributed by atoms with E-state index in [0.29, 0.717) is 18.2 Å². The average molecular weight is 266 g/mol. The van der Waals surface area contributed by atoms with Gasteiger partial charge in [0.15, 0.2) is 0 Å². The molecule has 0 bridgehead atoms. The second-order valence-electron chi connectivity index (χ2n) is 2.45. The van der Waals surface area contributed by atoms with Gasteiger partial charge in [0.2, 0.25) is 0 Å². The highest BCUT2D eigenvalue weighted by Crippen LogP contribution is 2.23. The predicted molar refractivity (Wildman–Crippen MR) is 56.3 cm³/mol. The number of rotatable bonds is 4. The van der Waals surface area contributed by atoms with E-state index < -0.39 is 0 Å². The van der Waals surface area contributed by atoms with Gasteiger partial charge in [-0.3, -0.25) is 0 Å². The average Bonchev–Trinajstić information content (AvgIpc) is 2.16. The van der Waals surface area contributed by atoms with Gasteiger partial charge in [0.25, 0.3) is 0 Å². The molecule has 0 radical (unpaired) electrons. The number of ether oxygens (including phenoxy) is 1. The summed E-state index contributed by atoms with van der Waals surface area (Å²) in [6.07, 6.45) is 0. The van der Waals surface area contributed by atoms with Crippen LogP contribution in [0.5, 0.6) is 5.75 Å². The Labute approximate surface area is 90.6 Å². The fraction of sp³-hybridized carbons (Fsp3) is 0.333. The topological polar surface area (TPSA) is 29.5 Å². The maximum Gasteiger partial charge on any atom is 0.124 e. The Balaban J connectivity index is 2.79. The number of aliphatic hydroxyl groups excluding tert-OH is 1. The highest BCUT2D eigenvalue weighted by atomic mass is 79.9. The summed E-state index contributed by atoms with van der Waals surface area (Å²) in [4.78, 5) is 0. The van der Waals surface area contributed by atoms with Crippen LogP contribution < -0.4 is 4.74 Å². The standard InChI is InChI=1S/C9H10BrClO2/c10-8-1-2-9(13-4-3-11)7(5-8)6-12/h1-2,5,12H,3-4,6H2. The molecule has 0 spiro atoms. The number of hydrogen-bond donors (Lipinski definition) is 1. The number of benzene rings is 1. The Hall–Kier alpha value is -0.250. The predicted octanol–water partition coefficient (Wildman–Crippen LogP) is 2.56. The van der Waals surface area contributed by atoms with Crippen molar-refractivity contribution in [3.05, 3.63) is 28.2 Å². The van der Waals surface area contributed by atoms with E-state index in [0.717, 1.165) is 10.0 Å². The molecule has 72 valence electrons. The van der Waals surface area contributed by atoms with Gasteiger partial charge >= 0.3 is 0 Å². The number of halogens is 2. The van der Waals surface area contributed by atoms with Crippen LogP contribution in [0.1, 0.15) is 5.56 Å². The van der Waals surface area contributed by atoms with Crippen molar-refractivity contribution in [2.45, 2.75) is 6.61 Å². The third kappa shape index (κ3) is 3.18. The van der Waals surface area contributed by atoms with E-state index >= 15 is 0 Å². The smallest absolute Gasteiger partial charge is 0.124 e. The molecule has 0 aliphatic carbocycles. The molecule has 0 fully saturated rings. The van der Waals surface area contributed by atoms with Gasteiger partial charge in [-0.05, 0) is 18.2 Å². The fourth-order valence-electron chi connectivity index (χ4n) is 0.961. The molecule has 1 rings (SSSR count). The van der Waals surface area contributed by atoms with E-state index in [9.17, 15) is 0 Å². The van der Waals surface area contributed by atoms with Gasteiger partial charge in [0, 0.05) is 10.0 Å². The zero-order chi connectivity index (χ0) is 9.68. The van der Waals surface area contributed by atoms with Gasteiger partial charge in [-0.25, -0.2) is 0 Å². The van der Waals surface area contributed by atoms with E-state index in [1.807, 2.05) is 18.2 Å². The molecule has 0 aromatic heterocycles. The second kappa shape index (κ2) is 5.47. The summed E-state index contributed by atoms with van der Waals surface area (Å²) < 4.78 is 6.25. The van der Waals surface area contributed by atoms with Crippen LogP contribution in [0, 0.1) is 0 Å². The SMILES string of the molecule is OCc1cc(Br)ccc1OCCCl. The lowest BCUT2D eigenvalue weighted by Gasteiger charge is -2.08. The first-order valence-corrected chi connectivity index (χ1v) is 5.18. The molecule has 4 heteroatoms. The minimum atomic E-state index is -0.0307. The first kappa shape index (κ1) is 10.8. The van der Waals surface area contributed by atoms with Crippen LogP contribution >= 0.6 is 27.5 Å². The molecule has 13 heavy (non-hydrogen) atoms. The summed E-state index contributed by atoms with van der Waals surface area (Å²) in [7, 11) is 0. The molecule has 1 N–H and O–H groups in total. The van der Waals surface area contributed by atoms with Crippen molar-refractivity contribution in [3.63, 3.8) is 0 Å². The van der Waals surface area contributed by atoms with Crippen molar-refractivity contribution in [1.82, 2.24) is 0 Å². The lowest BCUT2D eigenvalue weighted by atomic mass is 10.2. The summed E-state index contributed by atoms with van der Waals surface area (Å²) in [5.74, 6) is 1.13. The maximum absolute atomic E-state index is 9.01. The van der Waals surface area contributed by atoms with Crippen LogP contribution in [-0.2, 0) is 6.61 Å². The van der Waals surface area contributed by atoms with Gasteiger partial charge in [0.05, 0.1) is 12.5 Å². The molecule has 0 saturated carbocycles. The van der Waals surface area contributed by atoms with E-state index in [2.05, 4.69) is 15.9 Å². The van der Waals surface area contributed by atoms with Crippen LogP contribution in [-0.4, -0.2) is 17.6 Å². The van der Waals surface area contributed by atoms with Crippen molar-refractivity contribution in [2.75, 3.05) is 12.5 Å². The second-order valence-corrected chi connectivity index (χ2v) is 3.74. The Kier molecular flexibility index (Phi) is 4.56. The Morgan fingerprint density at radius 2 is 2.23 bits per heavy atom. The number of alkyl halides is 1. The van der Waals surface area contributed by atoms with Crippen molar-refractivity contribution in [2.24, 2.45) is 0 Å². The van der Waals surface area contributed by atoms with Crippen molar-refractivity contribution in [3.8, 4) is 5.75 Å². The fourth-order valence-corrected chi connectivity index (χ4v) is 1.45. The quantitative estimate of drug-likeness (QED) is 0.848. The third-order valence-electron chi connectivity index (χ3n) is 1.53. The first-order chi connectivity index (χ1) is 6.27. The van der Waals surface area contributed by atoms with Crippen molar-refractivity contribution < 1.29 is 9.84 Å². The highest BCUT2D eigenvalue weighted by Gasteiger charge is 2.02. The summed E-state index contributed by atoms with van der Waals surface area (Å²) in [6, 6.07) is 5.49. The zero-order valence-corrected chi connectivity index (χ0v) is 9.31. The van der Waals surface area contributed by atoms with Crippen LogP contribution in [0.4, 0.5) is 0 Å². The molecule has 0 unspecified atom stereocenters. The van der Waals surface area contributed by atoms with Crippen LogP contribution in [0.2, 0.25) is 0 Å². The third-order valence-corrected chi connectivity index (χ3v) is 2.18. The highest BCUT2D eigenvalue weighted by molar-refractivity contribution is 9.10. The van der Waals surface area contributed by atoms with Crippen LogP contribution in [0.3, 0.4) is 0 Å². The monoisotopic (exact) mass is 264 g/mol. The Morgan fingerprint density at radius 3 is 2.85 bits per heavy atom. The molecule has 0 aliphatic rings. The van der Waals surface area contributed by atoms with E-state index in [4.69, 9.17) is 21.4 Å². The van der Waals surface area contributed by atoms with Crippen molar-refractivity contribution in [1.29, 1.82) is 0 Å². The molecular formula is C9H10BrClO2. The molecule has 0 heterocycles. The van der Waals surface area contributed by atoms with E-state index in [1.54, 1.807) is 0 Å². The van der Waals surface area contributed by atoms with Crippen LogP contribution in [0.25, 0.3) is 0 Å². The molecule has 2 nitrogen and oxygen atoms in total. The summed E-state index contributed by atoms with van der Waals surface area (Å²) >= 11 is 8.79.